The molecule has 0 aliphatic rings. The van der Waals surface area contributed by atoms with Gasteiger partial charge in [0.05, 0.1) is 11.1 Å². The van der Waals surface area contributed by atoms with Crippen molar-refractivity contribution in [3.05, 3.63) is 99.2 Å². The number of ether oxygens (including phenoxy) is 1. The van der Waals surface area contributed by atoms with E-state index < -0.39 is 12.1 Å². The van der Waals surface area contributed by atoms with Crippen LogP contribution in [-0.4, -0.2) is 27.7 Å². The molecule has 1 aromatic heterocycles. The van der Waals surface area contributed by atoms with Crippen molar-refractivity contribution >= 4 is 34.4 Å². The van der Waals surface area contributed by atoms with E-state index in [-0.39, 0.29) is 11.9 Å². The molecule has 0 fully saturated rings. The van der Waals surface area contributed by atoms with E-state index in [1.165, 1.54) is 25.3 Å². The molecule has 0 aliphatic heterocycles. The number of amides is 1. The number of nitrogens with zero attached hydrogens (tertiary/aromatic N) is 1. The number of aryl methyl sites for hydroxylation is 1. The molecule has 3 aromatic carbocycles. The summed E-state index contributed by atoms with van der Waals surface area (Å²) in [4.78, 5) is 24.7. The molecular weight excluding hydrogens is 560 g/mol. The number of unbranched alkanes of at least 4 members (excludes halogenated alkanes) is 1. The number of carbonyl (C=O) groups excluding carboxylic acids is 1. The zero-order chi connectivity index (χ0) is 31.3. The van der Waals surface area contributed by atoms with Crippen LogP contribution in [0, 0.1) is 12.8 Å². The minimum absolute atomic E-state index is 0.104. The number of nitrogens with one attached hydrogen (secondary N) is 1. The second kappa shape index (κ2) is 14.1. The molecule has 0 spiro atoms. The minimum Gasteiger partial charge on any atom is -0.479 e. The zero-order valence-corrected chi connectivity index (χ0v) is 26.8. The molecule has 6 nitrogen and oxygen atoms in total. The van der Waals surface area contributed by atoms with E-state index in [0.717, 1.165) is 46.3 Å². The van der Waals surface area contributed by atoms with Gasteiger partial charge in [-0.25, -0.2) is 4.79 Å². The van der Waals surface area contributed by atoms with Crippen LogP contribution in [0.3, 0.4) is 0 Å². The number of benzene rings is 3. The lowest BCUT2D eigenvalue weighted by Crippen LogP contribution is -2.26. The predicted molar refractivity (Wildman–Crippen MR) is 174 cm³/mol. The third-order valence-electron chi connectivity index (χ3n) is 7.94. The standard InChI is InChI=1S/C36H43ClN2O4/c1-7-8-9-26-10-13-28(14-11-26)23(4)38-35(40)29-15-16-30-31(24(5)39(21-22(2)3)33(30)20-29)18-27-12-17-32(37)34(19-27)43-25(6)36(41)42/h10-17,19-20,22-23,25H,7-9,18,21H2,1-6H3,(H,38,40)(H,41,42)/t23-,25+/m0/s1. The lowest BCUT2D eigenvalue weighted by atomic mass is 10.0. The summed E-state index contributed by atoms with van der Waals surface area (Å²) in [5.41, 5.74) is 7.29. The lowest BCUT2D eigenvalue weighted by Gasteiger charge is -2.16. The third-order valence-corrected chi connectivity index (χ3v) is 8.25. The molecule has 0 saturated carbocycles. The maximum Gasteiger partial charge on any atom is 0.344 e. The average Bonchev–Trinajstić information content (AvgIpc) is 3.22. The molecule has 2 atom stereocenters. The van der Waals surface area contributed by atoms with Crippen molar-refractivity contribution in [2.75, 3.05) is 0 Å². The van der Waals surface area contributed by atoms with Gasteiger partial charge in [-0.15, -0.1) is 0 Å². The van der Waals surface area contributed by atoms with Gasteiger partial charge in [0.2, 0.25) is 0 Å². The second-order valence-corrected chi connectivity index (χ2v) is 12.3. The molecule has 4 rings (SSSR count). The van der Waals surface area contributed by atoms with Crippen molar-refractivity contribution in [1.29, 1.82) is 0 Å². The predicted octanol–water partition coefficient (Wildman–Crippen LogP) is 8.54. The van der Waals surface area contributed by atoms with Gasteiger partial charge >= 0.3 is 5.97 Å². The van der Waals surface area contributed by atoms with Gasteiger partial charge in [-0.05, 0) is 92.5 Å². The first-order valence-electron chi connectivity index (χ1n) is 15.2. The highest BCUT2D eigenvalue weighted by Crippen LogP contribution is 2.33. The van der Waals surface area contributed by atoms with Gasteiger partial charge in [0, 0.05) is 28.7 Å². The highest BCUT2D eigenvalue weighted by molar-refractivity contribution is 6.32. The number of aromatic nitrogens is 1. The number of carbonyl (C=O) groups is 2. The SMILES string of the molecule is CCCCc1ccc([C@H](C)NC(=O)c2ccc3c(Cc4ccc(Cl)c(O[C@H](C)C(=O)O)c4)c(C)n(CC(C)C)c3c2)cc1. The first-order valence-corrected chi connectivity index (χ1v) is 15.6. The van der Waals surface area contributed by atoms with Crippen LogP contribution in [0.4, 0.5) is 0 Å². The molecular formula is C36H43ClN2O4. The second-order valence-electron chi connectivity index (χ2n) is 11.9. The lowest BCUT2D eigenvalue weighted by molar-refractivity contribution is -0.144. The Bertz CT molecular complexity index is 1590. The van der Waals surface area contributed by atoms with Crippen LogP contribution < -0.4 is 10.1 Å². The fourth-order valence-corrected chi connectivity index (χ4v) is 5.59. The van der Waals surface area contributed by atoms with Gasteiger partial charge in [0.1, 0.15) is 5.75 Å². The van der Waals surface area contributed by atoms with E-state index in [9.17, 15) is 14.7 Å². The van der Waals surface area contributed by atoms with E-state index in [2.05, 4.69) is 61.8 Å². The van der Waals surface area contributed by atoms with Gasteiger partial charge < -0.3 is 19.7 Å². The summed E-state index contributed by atoms with van der Waals surface area (Å²) in [7, 11) is 0. The topological polar surface area (TPSA) is 80.6 Å². The summed E-state index contributed by atoms with van der Waals surface area (Å²) in [6.07, 6.45) is 3.02. The van der Waals surface area contributed by atoms with Crippen LogP contribution in [0.15, 0.2) is 60.7 Å². The zero-order valence-electron chi connectivity index (χ0n) is 26.0. The fraction of sp³-hybridized carbons (Fsp3) is 0.389. The Morgan fingerprint density at radius 2 is 1.67 bits per heavy atom. The van der Waals surface area contributed by atoms with E-state index >= 15 is 0 Å². The molecule has 228 valence electrons. The highest BCUT2D eigenvalue weighted by Gasteiger charge is 2.20. The maximum absolute atomic E-state index is 13.4. The number of rotatable bonds is 13. The van der Waals surface area contributed by atoms with Crippen LogP contribution in [0.2, 0.25) is 5.02 Å². The normalized spacial score (nSPS) is 12.8. The van der Waals surface area contributed by atoms with Crippen LogP contribution in [0.5, 0.6) is 5.75 Å². The third kappa shape index (κ3) is 7.80. The summed E-state index contributed by atoms with van der Waals surface area (Å²) in [6.45, 7) is 13.0. The van der Waals surface area contributed by atoms with Crippen molar-refractivity contribution in [2.45, 2.75) is 85.9 Å². The quantitative estimate of drug-likeness (QED) is 0.161. The van der Waals surface area contributed by atoms with Crippen LogP contribution in [-0.2, 0) is 24.2 Å². The molecule has 0 unspecified atom stereocenters. The Hall–Kier alpha value is -3.77. The number of fused-ring (bicyclic) bond motifs is 1. The molecule has 0 radical (unpaired) electrons. The van der Waals surface area contributed by atoms with E-state index in [1.54, 1.807) is 6.07 Å². The summed E-state index contributed by atoms with van der Waals surface area (Å²) < 4.78 is 7.90. The smallest absolute Gasteiger partial charge is 0.344 e. The first kappa shape index (κ1) is 32.2. The Balaban J connectivity index is 1.61. The highest BCUT2D eigenvalue weighted by atomic mass is 35.5. The summed E-state index contributed by atoms with van der Waals surface area (Å²) >= 11 is 6.32. The Morgan fingerprint density at radius 1 is 0.977 bits per heavy atom. The van der Waals surface area contributed by atoms with Gasteiger partial charge in [-0.2, -0.15) is 0 Å². The maximum atomic E-state index is 13.4. The Labute approximate surface area is 260 Å². The van der Waals surface area contributed by atoms with Crippen molar-refractivity contribution < 1.29 is 19.4 Å². The van der Waals surface area contributed by atoms with Gasteiger partial charge in [0.25, 0.3) is 5.91 Å². The summed E-state index contributed by atoms with van der Waals surface area (Å²) in [6, 6.07) is 19.8. The molecule has 1 heterocycles. The fourth-order valence-electron chi connectivity index (χ4n) is 5.42. The molecule has 4 aromatic rings. The molecule has 1 amide bonds. The van der Waals surface area contributed by atoms with Crippen molar-refractivity contribution in [1.82, 2.24) is 9.88 Å². The summed E-state index contributed by atoms with van der Waals surface area (Å²) in [5.74, 6) is -0.397. The van der Waals surface area contributed by atoms with Crippen molar-refractivity contribution in [3.8, 4) is 5.75 Å². The number of carboxylic acid groups (broad SMARTS) is 1. The molecule has 2 N–H and O–H groups in total. The van der Waals surface area contributed by atoms with Gasteiger partial charge in [-0.1, -0.05) is 75.2 Å². The number of hydrogen-bond donors (Lipinski definition) is 2. The van der Waals surface area contributed by atoms with E-state index in [1.807, 2.05) is 37.3 Å². The summed E-state index contributed by atoms with van der Waals surface area (Å²) in [5, 5.41) is 13.9. The number of carboxylic acids is 1. The molecule has 7 heteroatoms. The van der Waals surface area contributed by atoms with Crippen molar-refractivity contribution in [3.63, 3.8) is 0 Å². The van der Waals surface area contributed by atoms with Crippen LogP contribution in [0.1, 0.15) is 91.8 Å². The van der Waals surface area contributed by atoms with Gasteiger partial charge in [-0.3, -0.25) is 4.79 Å². The average molecular weight is 603 g/mol. The number of halogens is 1. The molecule has 0 aliphatic carbocycles. The molecule has 0 saturated heterocycles. The molecule has 0 bridgehead atoms. The van der Waals surface area contributed by atoms with Crippen LogP contribution >= 0.6 is 11.6 Å². The van der Waals surface area contributed by atoms with E-state index in [4.69, 9.17) is 16.3 Å². The largest absolute Gasteiger partial charge is 0.479 e. The first-order chi connectivity index (χ1) is 20.5. The number of hydrogen-bond acceptors (Lipinski definition) is 3. The van der Waals surface area contributed by atoms with Crippen LogP contribution in [0.25, 0.3) is 10.9 Å². The Morgan fingerprint density at radius 3 is 2.33 bits per heavy atom. The monoisotopic (exact) mass is 602 g/mol. The number of aliphatic carboxylic acids is 1. The van der Waals surface area contributed by atoms with Crippen molar-refractivity contribution in [2.24, 2.45) is 5.92 Å². The molecule has 43 heavy (non-hydrogen) atoms. The minimum atomic E-state index is -1.05. The van der Waals surface area contributed by atoms with E-state index in [0.29, 0.717) is 28.7 Å². The Kier molecular flexibility index (Phi) is 10.6. The van der Waals surface area contributed by atoms with Gasteiger partial charge in [0.15, 0.2) is 6.10 Å².